The Kier molecular flexibility index (Phi) is 10.2. The highest BCUT2D eigenvalue weighted by molar-refractivity contribution is 6.04. The van der Waals surface area contributed by atoms with Crippen LogP contribution in [0.5, 0.6) is 0 Å². The number of amides is 4. The summed E-state index contributed by atoms with van der Waals surface area (Å²) in [6.07, 6.45) is 3.47. The van der Waals surface area contributed by atoms with E-state index >= 15 is 0 Å². The van der Waals surface area contributed by atoms with Crippen molar-refractivity contribution < 1.29 is 24.3 Å². The second-order valence-corrected chi connectivity index (χ2v) is 11.1. The SMILES string of the molecule is Cc1cccc(NC(=O)Nc2cc(C(=O)NC(CC(=O)O)c3cccnc3)ccc2N2CCCN(C(=O)c3ccccc3)CC2)c1. The van der Waals surface area contributed by atoms with Crippen molar-refractivity contribution in [2.45, 2.75) is 25.8 Å². The Bertz CT molecular complexity index is 1700. The standard InChI is InChI=1S/C35H36N6O5/c1-24-8-5-12-28(20-24)37-35(46)39-30-21-26(33(44)38-29(22-32(42)43)27-11-6-15-36-23-27)13-14-31(30)40-16-7-17-41(19-18-40)34(45)25-9-3-2-4-10-25/h2-6,8-15,20-21,23,29H,7,16-19,22H2,1H3,(H,38,44)(H,42,43)(H2,37,39,46). The van der Waals surface area contributed by atoms with Crippen LogP contribution in [0.3, 0.4) is 0 Å². The summed E-state index contributed by atoms with van der Waals surface area (Å²) in [6, 6.07) is 23.7. The maximum atomic E-state index is 13.5. The minimum Gasteiger partial charge on any atom is -0.481 e. The molecule has 4 N–H and O–H groups in total. The van der Waals surface area contributed by atoms with Crippen molar-refractivity contribution in [3.8, 4) is 0 Å². The van der Waals surface area contributed by atoms with Crippen molar-refractivity contribution in [1.82, 2.24) is 15.2 Å². The van der Waals surface area contributed by atoms with Crippen LogP contribution in [0.4, 0.5) is 21.9 Å². The molecule has 5 rings (SSSR count). The van der Waals surface area contributed by atoms with Gasteiger partial charge in [0.2, 0.25) is 0 Å². The Labute approximate surface area is 267 Å². The molecule has 1 aliphatic rings. The molecule has 1 saturated heterocycles. The Balaban J connectivity index is 1.39. The summed E-state index contributed by atoms with van der Waals surface area (Å²) in [5.74, 6) is -1.60. The summed E-state index contributed by atoms with van der Waals surface area (Å²) in [7, 11) is 0. The Hall–Kier alpha value is -5.71. The third kappa shape index (κ3) is 8.26. The molecule has 11 nitrogen and oxygen atoms in total. The first-order valence-corrected chi connectivity index (χ1v) is 15.1. The van der Waals surface area contributed by atoms with E-state index in [0.717, 1.165) is 5.56 Å². The van der Waals surface area contributed by atoms with Crippen LogP contribution in [-0.4, -0.2) is 65.0 Å². The molecule has 0 bridgehead atoms. The number of benzene rings is 3. The molecule has 1 fully saturated rings. The van der Waals surface area contributed by atoms with Crippen LogP contribution >= 0.6 is 0 Å². The molecule has 1 atom stereocenters. The summed E-state index contributed by atoms with van der Waals surface area (Å²) in [4.78, 5) is 59.4. The summed E-state index contributed by atoms with van der Waals surface area (Å²) in [5, 5.41) is 18.0. The number of aliphatic carboxylic acids is 1. The van der Waals surface area contributed by atoms with Crippen LogP contribution in [-0.2, 0) is 4.79 Å². The summed E-state index contributed by atoms with van der Waals surface area (Å²) in [5.41, 5.74) is 4.13. The highest BCUT2D eigenvalue weighted by Gasteiger charge is 2.24. The van der Waals surface area contributed by atoms with Crippen molar-refractivity contribution in [2.75, 3.05) is 41.7 Å². The number of urea groups is 1. The Morgan fingerprint density at radius 1 is 0.848 bits per heavy atom. The molecule has 3 aromatic carbocycles. The first kappa shape index (κ1) is 31.7. The van der Waals surface area contributed by atoms with Crippen LogP contribution < -0.4 is 20.9 Å². The predicted molar refractivity (Wildman–Crippen MR) is 176 cm³/mol. The fraction of sp³-hybridized carbons (Fsp3) is 0.229. The number of aryl methyl sites for hydroxylation is 1. The van der Waals surface area contributed by atoms with Crippen molar-refractivity contribution >= 4 is 40.9 Å². The van der Waals surface area contributed by atoms with Crippen LogP contribution in [0.15, 0.2) is 97.3 Å². The van der Waals surface area contributed by atoms with Crippen molar-refractivity contribution in [1.29, 1.82) is 0 Å². The third-order valence-electron chi connectivity index (χ3n) is 7.70. The lowest BCUT2D eigenvalue weighted by Crippen LogP contribution is -2.35. The van der Waals surface area contributed by atoms with Gasteiger partial charge in [0.1, 0.15) is 0 Å². The average Bonchev–Trinajstić information content (AvgIpc) is 3.31. The number of hydrogen-bond donors (Lipinski definition) is 4. The van der Waals surface area contributed by atoms with E-state index in [0.29, 0.717) is 60.8 Å². The molecule has 4 aromatic rings. The lowest BCUT2D eigenvalue weighted by Gasteiger charge is -2.27. The zero-order chi connectivity index (χ0) is 32.5. The molecule has 0 spiro atoms. The lowest BCUT2D eigenvalue weighted by molar-refractivity contribution is -0.137. The third-order valence-corrected chi connectivity index (χ3v) is 7.70. The molecule has 236 valence electrons. The van der Waals surface area contributed by atoms with Crippen molar-refractivity contribution in [2.24, 2.45) is 0 Å². The van der Waals surface area contributed by atoms with E-state index in [1.54, 1.807) is 54.7 Å². The number of aromatic nitrogens is 1. The zero-order valence-electron chi connectivity index (χ0n) is 25.5. The lowest BCUT2D eigenvalue weighted by atomic mass is 10.0. The maximum Gasteiger partial charge on any atom is 0.323 e. The number of pyridine rings is 1. The number of anilines is 3. The van der Waals surface area contributed by atoms with Gasteiger partial charge in [-0.15, -0.1) is 0 Å². The normalized spacial score (nSPS) is 13.7. The van der Waals surface area contributed by atoms with Crippen LogP contribution in [0.25, 0.3) is 0 Å². The number of nitrogens with one attached hydrogen (secondary N) is 3. The minimum atomic E-state index is -1.07. The van der Waals surface area contributed by atoms with E-state index in [2.05, 4.69) is 25.8 Å². The molecule has 0 radical (unpaired) electrons. The summed E-state index contributed by atoms with van der Waals surface area (Å²) < 4.78 is 0. The molecule has 0 aliphatic carbocycles. The van der Waals surface area contributed by atoms with E-state index in [4.69, 9.17) is 0 Å². The largest absolute Gasteiger partial charge is 0.481 e. The molecule has 4 amide bonds. The van der Waals surface area contributed by atoms with Crippen LogP contribution in [0.2, 0.25) is 0 Å². The number of carboxylic acids is 1. The topological polar surface area (TPSA) is 144 Å². The molecule has 11 heteroatoms. The summed E-state index contributed by atoms with van der Waals surface area (Å²) in [6.45, 7) is 4.13. The number of nitrogens with zero attached hydrogens (tertiary/aromatic N) is 3. The van der Waals surface area contributed by atoms with E-state index in [9.17, 15) is 24.3 Å². The minimum absolute atomic E-state index is 0.0325. The van der Waals surface area contributed by atoms with Gasteiger partial charge in [-0.05, 0) is 73.0 Å². The highest BCUT2D eigenvalue weighted by atomic mass is 16.4. The second kappa shape index (κ2) is 14.8. The monoisotopic (exact) mass is 620 g/mol. The molecule has 2 heterocycles. The molecule has 1 aliphatic heterocycles. The smallest absolute Gasteiger partial charge is 0.323 e. The summed E-state index contributed by atoms with van der Waals surface area (Å²) >= 11 is 0. The quantitative estimate of drug-likeness (QED) is 0.198. The average molecular weight is 621 g/mol. The van der Waals surface area contributed by atoms with E-state index in [1.807, 2.05) is 48.2 Å². The van der Waals surface area contributed by atoms with E-state index in [1.165, 1.54) is 6.20 Å². The fourth-order valence-electron chi connectivity index (χ4n) is 5.44. The van der Waals surface area contributed by atoms with Gasteiger partial charge in [-0.1, -0.05) is 36.4 Å². The number of carboxylic acid groups (broad SMARTS) is 1. The molecule has 46 heavy (non-hydrogen) atoms. The number of carbonyl (C=O) groups excluding carboxylic acids is 3. The maximum absolute atomic E-state index is 13.5. The van der Waals surface area contributed by atoms with Gasteiger partial charge in [0.05, 0.1) is 23.8 Å². The van der Waals surface area contributed by atoms with Crippen molar-refractivity contribution in [3.63, 3.8) is 0 Å². The fourth-order valence-corrected chi connectivity index (χ4v) is 5.44. The van der Waals surface area contributed by atoms with Gasteiger partial charge in [0.15, 0.2) is 0 Å². The zero-order valence-corrected chi connectivity index (χ0v) is 25.5. The number of hydrogen-bond acceptors (Lipinski definition) is 6. The van der Waals surface area contributed by atoms with Gasteiger partial charge >= 0.3 is 12.0 Å². The Morgan fingerprint density at radius 3 is 2.41 bits per heavy atom. The van der Waals surface area contributed by atoms with Gasteiger partial charge in [0, 0.05) is 55.4 Å². The van der Waals surface area contributed by atoms with Gasteiger partial charge in [0.25, 0.3) is 11.8 Å². The number of rotatable bonds is 9. The van der Waals surface area contributed by atoms with Gasteiger partial charge in [-0.3, -0.25) is 19.4 Å². The van der Waals surface area contributed by atoms with E-state index in [-0.39, 0.29) is 17.9 Å². The van der Waals surface area contributed by atoms with Crippen molar-refractivity contribution in [3.05, 3.63) is 120 Å². The molecular formula is C35H36N6O5. The van der Waals surface area contributed by atoms with Crippen LogP contribution in [0, 0.1) is 6.92 Å². The second-order valence-electron chi connectivity index (χ2n) is 11.1. The number of carbonyl (C=O) groups is 4. The Morgan fingerprint density at radius 2 is 1.67 bits per heavy atom. The van der Waals surface area contributed by atoms with Gasteiger partial charge in [-0.25, -0.2) is 4.79 Å². The molecule has 1 aromatic heterocycles. The van der Waals surface area contributed by atoms with Crippen LogP contribution in [0.1, 0.15) is 50.7 Å². The first-order chi connectivity index (χ1) is 22.3. The van der Waals surface area contributed by atoms with Gasteiger partial charge in [-0.2, -0.15) is 0 Å². The molecule has 1 unspecified atom stereocenters. The highest BCUT2D eigenvalue weighted by Crippen LogP contribution is 2.30. The molecule has 0 saturated carbocycles. The molecular weight excluding hydrogens is 584 g/mol. The van der Waals surface area contributed by atoms with Gasteiger partial charge < -0.3 is 30.9 Å². The first-order valence-electron chi connectivity index (χ1n) is 15.1. The van der Waals surface area contributed by atoms with E-state index < -0.39 is 23.9 Å². The predicted octanol–water partition coefficient (Wildman–Crippen LogP) is 5.33.